The number of nitrogens with zero attached hydrogens (tertiary/aromatic N) is 2. The first kappa shape index (κ1) is 17.2. The predicted octanol–water partition coefficient (Wildman–Crippen LogP) is 2.77. The summed E-state index contributed by atoms with van der Waals surface area (Å²) in [5, 5.41) is 16.1. The quantitative estimate of drug-likeness (QED) is 0.640. The summed E-state index contributed by atoms with van der Waals surface area (Å²) in [7, 11) is 0. The van der Waals surface area contributed by atoms with Crippen LogP contribution in [0.25, 0.3) is 0 Å². The Balaban J connectivity index is 2.47. The van der Waals surface area contributed by atoms with Crippen molar-refractivity contribution in [2.45, 2.75) is 52.0 Å². The Kier molecular flexibility index (Phi) is 8.53. The van der Waals surface area contributed by atoms with Crippen molar-refractivity contribution in [2.75, 3.05) is 18.5 Å². The van der Waals surface area contributed by atoms with Gasteiger partial charge < -0.3 is 10.4 Å². The van der Waals surface area contributed by atoms with E-state index in [0.29, 0.717) is 11.0 Å². The first-order chi connectivity index (χ1) is 9.70. The number of unbranched alkanes of at least 4 members (excludes halogenated alkanes) is 4. The maximum atomic E-state index is 12.1. The standard InChI is InChI=1S/C14H24BrN3O2/c1-2-3-9-18-14(20)13(15)12(11-17-18)16-8-6-4-5-7-10-19/h11,16,19H,2-10H2,1H3. The van der Waals surface area contributed by atoms with E-state index in [2.05, 4.69) is 33.3 Å². The third-order valence-corrected chi connectivity index (χ3v) is 3.88. The largest absolute Gasteiger partial charge is 0.396 e. The number of hydrogen-bond acceptors (Lipinski definition) is 4. The molecule has 0 aliphatic heterocycles. The molecule has 20 heavy (non-hydrogen) atoms. The van der Waals surface area contributed by atoms with Crippen LogP contribution in [-0.4, -0.2) is 28.0 Å². The van der Waals surface area contributed by atoms with Gasteiger partial charge in [-0.05, 0) is 35.2 Å². The second-order valence-electron chi connectivity index (χ2n) is 4.82. The van der Waals surface area contributed by atoms with Gasteiger partial charge in [0, 0.05) is 19.7 Å². The fraction of sp³-hybridized carbons (Fsp3) is 0.714. The normalized spacial score (nSPS) is 10.8. The molecule has 1 aromatic heterocycles. The number of halogens is 1. The van der Waals surface area contributed by atoms with Crippen molar-refractivity contribution >= 4 is 21.6 Å². The monoisotopic (exact) mass is 345 g/mol. The second kappa shape index (κ2) is 9.94. The molecule has 2 N–H and O–H groups in total. The van der Waals surface area contributed by atoms with Crippen LogP contribution in [-0.2, 0) is 6.54 Å². The van der Waals surface area contributed by atoms with E-state index in [1.165, 1.54) is 4.68 Å². The third kappa shape index (κ3) is 5.63. The van der Waals surface area contributed by atoms with Gasteiger partial charge in [0.15, 0.2) is 0 Å². The molecule has 114 valence electrons. The molecule has 0 saturated carbocycles. The number of aromatic nitrogens is 2. The predicted molar refractivity (Wildman–Crippen MR) is 85.1 cm³/mol. The fourth-order valence-corrected chi connectivity index (χ4v) is 2.32. The zero-order chi connectivity index (χ0) is 14.8. The summed E-state index contributed by atoms with van der Waals surface area (Å²) in [6.07, 6.45) is 7.69. The number of aliphatic hydroxyl groups is 1. The summed E-state index contributed by atoms with van der Waals surface area (Å²) >= 11 is 3.35. The van der Waals surface area contributed by atoms with Gasteiger partial charge >= 0.3 is 0 Å². The first-order valence-corrected chi connectivity index (χ1v) is 8.10. The molecule has 6 heteroatoms. The minimum absolute atomic E-state index is 0.0799. The van der Waals surface area contributed by atoms with E-state index in [9.17, 15) is 4.79 Å². The van der Waals surface area contributed by atoms with Crippen molar-refractivity contribution < 1.29 is 5.11 Å². The van der Waals surface area contributed by atoms with Crippen molar-refractivity contribution in [2.24, 2.45) is 0 Å². The Hall–Kier alpha value is -0.880. The molecule has 0 fully saturated rings. The Morgan fingerprint density at radius 1 is 1.30 bits per heavy atom. The van der Waals surface area contributed by atoms with Gasteiger partial charge in [0.1, 0.15) is 4.47 Å². The van der Waals surface area contributed by atoms with Crippen molar-refractivity contribution in [3.63, 3.8) is 0 Å². The Morgan fingerprint density at radius 2 is 2.05 bits per heavy atom. The van der Waals surface area contributed by atoms with Gasteiger partial charge in [0.05, 0.1) is 11.9 Å². The maximum Gasteiger partial charge on any atom is 0.283 e. The van der Waals surface area contributed by atoms with Crippen LogP contribution in [0.3, 0.4) is 0 Å². The van der Waals surface area contributed by atoms with Crippen LogP contribution >= 0.6 is 15.9 Å². The molecule has 1 rings (SSSR count). The molecule has 0 spiro atoms. The van der Waals surface area contributed by atoms with E-state index in [0.717, 1.165) is 50.8 Å². The fourth-order valence-electron chi connectivity index (χ4n) is 1.87. The molecule has 0 amide bonds. The number of aryl methyl sites for hydroxylation is 1. The van der Waals surface area contributed by atoms with Crippen LogP contribution in [0.15, 0.2) is 15.5 Å². The van der Waals surface area contributed by atoms with Crippen LogP contribution < -0.4 is 10.9 Å². The summed E-state index contributed by atoms with van der Waals surface area (Å²) < 4.78 is 2.05. The van der Waals surface area contributed by atoms with Crippen LogP contribution in [0.1, 0.15) is 45.4 Å². The molecule has 0 bridgehead atoms. The molecule has 0 radical (unpaired) electrons. The van der Waals surface area contributed by atoms with Crippen molar-refractivity contribution in [1.29, 1.82) is 0 Å². The van der Waals surface area contributed by atoms with E-state index in [4.69, 9.17) is 5.11 Å². The maximum absolute atomic E-state index is 12.1. The topological polar surface area (TPSA) is 67.2 Å². The number of aliphatic hydroxyl groups excluding tert-OH is 1. The average Bonchev–Trinajstić information content (AvgIpc) is 2.46. The van der Waals surface area contributed by atoms with E-state index in [1.807, 2.05) is 0 Å². The van der Waals surface area contributed by atoms with Gasteiger partial charge in [0.2, 0.25) is 0 Å². The van der Waals surface area contributed by atoms with Crippen molar-refractivity contribution in [3.05, 3.63) is 21.0 Å². The van der Waals surface area contributed by atoms with Crippen molar-refractivity contribution in [3.8, 4) is 0 Å². The van der Waals surface area contributed by atoms with Crippen LogP contribution in [0.5, 0.6) is 0 Å². The molecular weight excluding hydrogens is 322 g/mol. The average molecular weight is 346 g/mol. The smallest absolute Gasteiger partial charge is 0.283 e. The molecule has 0 aliphatic rings. The highest BCUT2D eigenvalue weighted by molar-refractivity contribution is 9.10. The van der Waals surface area contributed by atoms with E-state index < -0.39 is 0 Å². The van der Waals surface area contributed by atoms with E-state index >= 15 is 0 Å². The molecule has 0 aromatic carbocycles. The Morgan fingerprint density at radius 3 is 2.75 bits per heavy atom. The van der Waals surface area contributed by atoms with Gasteiger partial charge in [-0.1, -0.05) is 26.2 Å². The Labute approximate surface area is 128 Å². The molecule has 0 unspecified atom stereocenters. The number of nitrogens with one attached hydrogen (secondary N) is 1. The lowest BCUT2D eigenvalue weighted by Gasteiger charge is -2.10. The van der Waals surface area contributed by atoms with Gasteiger partial charge in [-0.2, -0.15) is 5.10 Å². The first-order valence-electron chi connectivity index (χ1n) is 7.31. The lowest BCUT2D eigenvalue weighted by Crippen LogP contribution is -2.24. The van der Waals surface area contributed by atoms with Crippen LogP contribution in [0.2, 0.25) is 0 Å². The molecule has 0 atom stereocenters. The molecule has 5 nitrogen and oxygen atoms in total. The van der Waals surface area contributed by atoms with Gasteiger partial charge in [-0.3, -0.25) is 4.79 Å². The highest BCUT2D eigenvalue weighted by Gasteiger charge is 2.07. The van der Waals surface area contributed by atoms with Gasteiger partial charge in [-0.25, -0.2) is 4.68 Å². The highest BCUT2D eigenvalue weighted by atomic mass is 79.9. The highest BCUT2D eigenvalue weighted by Crippen LogP contribution is 2.16. The van der Waals surface area contributed by atoms with E-state index in [-0.39, 0.29) is 12.2 Å². The van der Waals surface area contributed by atoms with Crippen LogP contribution in [0.4, 0.5) is 5.69 Å². The SMILES string of the molecule is CCCCn1ncc(NCCCCCCO)c(Br)c1=O. The molecule has 0 aliphatic carbocycles. The number of rotatable bonds is 10. The second-order valence-corrected chi connectivity index (χ2v) is 5.61. The zero-order valence-electron chi connectivity index (χ0n) is 12.1. The summed E-state index contributed by atoms with van der Waals surface area (Å²) in [5.41, 5.74) is 0.675. The zero-order valence-corrected chi connectivity index (χ0v) is 13.7. The molecule has 0 saturated heterocycles. The minimum atomic E-state index is -0.0799. The Bertz CT molecular complexity index is 449. The van der Waals surface area contributed by atoms with Gasteiger partial charge in [-0.15, -0.1) is 0 Å². The lowest BCUT2D eigenvalue weighted by molar-refractivity contribution is 0.283. The lowest BCUT2D eigenvalue weighted by atomic mass is 10.2. The molecular formula is C14H24BrN3O2. The van der Waals surface area contributed by atoms with Gasteiger partial charge in [0.25, 0.3) is 5.56 Å². The van der Waals surface area contributed by atoms with Crippen LogP contribution in [0, 0.1) is 0 Å². The molecule has 1 aromatic rings. The summed E-state index contributed by atoms with van der Waals surface area (Å²) in [6, 6.07) is 0. The molecule has 1 heterocycles. The number of anilines is 1. The minimum Gasteiger partial charge on any atom is -0.396 e. The summed E-state index contributed by atoms with van der Waals surface area (Å²) in [4.78, 5) is 12.1. The van der Waals surface area contributed by atoms with E-state index in [1.54, 1.807) is 6.20 Å². The number of hydrogen-bond donors (Lipinski definition) is 2. The third-order valence-electron chi connectivity index (χ3n) is 3.11. The van der Waals surface area contributed by atoms with Crippen molar-refractivity contribution in [1.82, 2.24) is 9.78 Å². The summed E-state index contributed by atoms with van der Waals surface area (Å²) in [6.45, 7) is 3.82. The summed E-state index contributed by atoms with van der Waals surface area (Å²) in [5.74, 6) is 0.